The van der Waals surface area contributed by atoms with Crippen LogP contribution in [0, 0.1) is 0 Å². The number of hydrogen-bond acceptors (Lipinski definition) is 5. The standard InChI is InChI=1S/C21H24F2N6/c1-5-13(3)26-17-8-7-16(27-18(17)9-10-20(22)23)15-11-14(6-2)29-19(15)12-25-21(24-4)28-29/h6-8,11-12,20H,2,5,9-10H2,1,3-4H3,(H,24,28). The van der Waals surface area contributed by atoms with E-state index in [1.807, 2.05) is 32.0 Å². The van der Waals surface area contributed by atoms with E-state index < -0.39 is 6.43 Å². The molecule has 0 saturated carbocycles. The van der Waals surface area contributed by atoms with Crippen molar-refractivity contribution in [2.75, 3.05) is 12.4 Å². The minimum Gasteiger partial charge on any atom is -0.356 e. The van der Waals surface area contributed by atoms with Crippen LogP contribution in [0.4, 0.5) is 20.4 Å². The van der Waals surface area contributed by atoms with Crippen molar-refractivity contribution in [3.8, 4) is 11.3 Å². The Hall–Kier alpha value is -3.16. The third kappa shape index (κ3) is 4.47. The fourth-order valence-corrected chi connectivity index (χ4v) is 2.94. The number of fused-ring (bicyclic) bond motifs is 1. The first-order valence-electron chi connectivity index (χ1n) is 9.48. The highest BCUT2D eigenvalue weighted by Gasteiger charge is 2.16. The van der Waals surface area contributed by atoms with E-state index in [9.17, 15) is 8.78 Å². The highest BCUT2D eigenvalue weighted by Crippen LogP contribution is 2.30. The summed E-state index contributed by atoms with van der Waals surface area (Å²) in [5, 5.41) is 7.34. The van der Waals surface area contributed by atoms with Crippen LogP contribution in [-0.4, -0.2) is 38.8 Å². The van der Waals surface area contributed by atoms with Gasteiger partial charge in [-0.2, -0.15) is 0 Å². The van der Waals surface area contributed by atoms with Crippen molar-refractivity contribution in [2.45, 2.75) is 39.5 Å². The molecule has 3 rings (SSSR count). The molecule has 0 bridgehead atoms. The van der Waals surface area contributed by atoms with E-state index in [0.29, 0.717) is 23.0 Å². The van der Waals surface area contributed by atoms with Gasteiger partial charge >= 0.3 is 0 Å². The van der Waals surface area contributed by atoms with Crippen LogP contribution in [-0.2, 0) is 6.42 Å². The number of alkyl halides is 2. The molecule has 8 heteroatoms. The molecule has 0 saturated heterocycles. The van der Waals surface area contributed by atoms with Crippen LogP contribution >= 0.6 is 0 Å². The molecular formula is C21H24F2N6. The van der Waals surface area contributed by atoms with Crippen LogP contribution in [0.2, 0.25) is 0 Å². The number of nitrogens with one attached hydrogen (secondary N) is 1. The van der Waals surface area contributed by atoms with Gasteiger partial charge in [0.25, 0.3) is 0 Å². The number of aromatic nitrogens is 4. The predicted molar refractivity (Wildman–Crippen MR) is 113 cm³/mol. The molecule has 29 heavy (non-hydrogen) atoms. The molecule has 1 N–H and O–H groups in total. The van der Waals surface area contributed by atoms with Crippen molar-refractivity contribution < 1.29 is 8.78 Å². The fourth-order valence-electron chi connectivity index (χ4n) is 2.94. The van der Waals surface area contributed by atoms with Crippen molar-refractivity contribution >= 4 is 28.9 Å². The second-order valence-corrected chi connectivity index (χ2v) is 6.61. The summed E-state index contributed by atoms with van der Waals surface area (Å²) in [7, 11) is 1.74. The van der Waals surface area contributed by atoms with E-state index in [0.717, 1.165) is 28.9 Å². The van der Waals surface area contributed by atoms with E-state index in [2.05, 4.69) is 32.0 Å². The van der Waals surface area contributed by atoms with Crippen LogP contribution in [0.25, 0.3) is 22.9 Å². The molecule has 3 heterocycles. The lowest BCUT2D eigenvalue weighted by Gasteiger charge is -2.09. The third-order valence-electron chi connectivity index (χ3n) is 4.63. The maximum Gasteiger partial charge on any atom is 0.240 e. The first-order valence-corrected chi connectivity index (χ1v) is 9.48. The summed E-state index contributed by atoms with van der Waals surface area (Å²) in [6, 6.07) is 5.60. The van der Waals surface area contributed by atoms with Crippen molar-refractivity contribution in [2.24, 2.45) is 4.99 Å². The van der Waals surface area contributed by atoms with Crippen LogP contribution in [0.15, 0.2) is 36.0 Å². The molecule has 152 valence electrons. The first-order chi connectivity index (χ1) is 14.0. The summed E-state index contributed by atoms with van der Waals surface area (Å²) >= 11 is 0. The van der Waals surface area contributed by atoms with Gasteiger partial charge in [0.15, 0.2) is 0 Å². The lowest BCUT2D eigenvalue weighted by molar-refractivity contribution is 0.138. The number of halogens is 2. The van der Waals surface area contributed by atoms with Crippen molar-refractivity contribution in [1.82, 2.24) is 19.6 Å². The van der Waals surface area contributed by atoms with Gasteiger partial charge < -0.3 is 5.32 Å². The van der Waals surface area contributed by atoms with Gasteiger partial charge in [-0.15, -0.1) is 5.10 Å². The molecule has 0 aromatic carbocycles. The number of pyridine rings is 1. The highest BCUT2D eigenvalue weighted by atomic mass is 19.3. The molecule has 0 fully saturated rings. The van der Waals surface area contributed by atoms with Gasteiger partial charge in [0.1, 0.15) is 0 Å². The largest absolute Gasteiger partial charge is 0.356 e. The Morgan fingerprint density at radius 1 is 1.38 bits per heavy atom. The molecule has 3 aromatic heterocycles. The number of nitrogens with zero attached hydrogens (tertiary/aromatic N) is 5. The summed E-state index contributed by atoms with van der Waals surface area (Å²) < 4.78 is 27.4. The molecule has 6 nitrogen and oxygen atoms in total. The van der Waals surface area contributed by atoms with Gasteiger partial charge in [-0.25, -0.2) is 18.3 Å². The summed E-state index contributed by atoms with van der Waals surface area (Å²) in [5.74, 6) is 0.480. The van der Waals surface area contributed by atoms with E-state index in [-0.39, 0.29) is 12.8 Å². The maximum absolute atomic E-state index is 12.8. The number of aliphatic imine (C=N–C) groups is 1. The molecule has 0 spiro atoms. The summed E-state index contributed by atoms with van der Waals surface area (Å²) in [6.07, 6.45) is 1.70. The predicted octanol–water partition coefficient (Wildman–Crippen LogP) is 5.18. The zero-order valence-corrected chi connectivity index (χ0v) is 16.8. The summed E-state index contributed by atoms with van der Waals surface area (Å²) in [4.78, 5) is 13.5. The molecule has 0 atom stereocenters. The van der Waals surface area contributed by atoms with Crippen LogP contribution < -0.4 is 5.32 Å². The van der Waals surface area contributed by atoms with Crippen LogP contribution in [0.3, 0.4) is 0 Å². The molecule has 0 unspecified atom stereocenters. The van der Waals surface area contributed by atoms with Gasteiger partial charge in [0.2, 0.25) is 12.4 Å². The van der Waals surface area contributed by atoms with Crippen molar-refractivity contribution in [1.29, 1.82) is 0 Å². The molecule has 0 amide bonds. The van der Waals surface area contributed by atoms with Gasteiger partial charge in [-0.3, -0.25) is 9.98 Å². The van der Waals surface area contributed by atoms with E-state index in [1.54, 1.807) is 23.8 Å². The Morgan fingerprint density at radius 2 is 2.17 bits per heavy atom. The van der Waals surface area contributed by atoms with Crippen molar-refractivity contribution in [3.05, 3.63) is 42.4 Å². The maximum atomic E-state index is 12.8. The van der Waals surface area contributed by atoms with Gasteiger partial charge in [-0.1, -0.05) is 13.5 Å². The fraction of sp³-hybridized carbons (Fsp3) is 0.333. The van der Waals surface area contributed by atoms with Gasteiger partial charge in [0, 0.05) is 24.7 Å². The van der Waals surface area contributed by atoms with Gasteiger partial charge in [-0.05, 0) is 44.0 Å². The Balaban J connectivity index is 2.13. The Kier molecular flexibility index (Phi) is 6.31. The Morgan fingerprint density at radius 3 is 2.83 bits per heavy atom. The summed E-state index contributed by atoms with van der Waals surface area (Å²) in [5.41, 5.74) is 5.13. The zero-order chi connectivity index (χ0) is 21.0. The second-order valence-electron chi connectivity index (χ2n) is 6.61. The zero-order valence-electron chi connectivity index (χ0n) is 16.8. The topological polar surface area (TPSA) is 67.5 Å². The monoisotopic (exact) mass is 398 g/mol. The second kappa shape index (κ2) is 8.89. The number of hydrogen-bond donors (Lipinski definition) is 1. The SMILES string of the molecule is C=Cc1cc(-c2ccc(N=C(C)CC)c(CCC(F)F)n2)c2cnc(NC)nn12. The van der Waals surface area contributed by atoms with Crippen LogP contribution in [0.1, 0.15) is 38.1 Å². The van der Waals surface area contributed by atoms with E-state index in [4.69, 9.17) is 0 Å². The quantitative estimate of drug-likeness (QED) is 0.531. The van der Waals surface area contributed by atoms with E-state index in [1.165, 1.54) is 0 Å². The third-order valence-corrected chi connectivity index (χ3v) is 4.63. The smallest absolute Gasteiger partial charge is 0.240 e. The van der Waals surface area contributed by atoms with Crippen LogP contribution in [0.5, 0.6) is 0 Å². The van der Waals surface area contributed by atoms with Crippen molar-refractivity contribution in [3.63, 3.8) is 0 Å². The average Bonchev–Trinajstić information content (AvgIpc) is 3.10. The molecular weight excluding hydrogens is 374 g/mol. The molecule has 3 aromatic rings. The highest BCUT2D eigenvalue weighted by molar-refractivity contribution is 5.85. The Bertz CT molecular complexity index is 1050. The molecule has 0 aliphatic carbocycles. The molecule has 0 aliphatic rings. The van der Waals surface area contributed by atoms with E-state index >= 15 is 0 Å². The summed E-state index contributed by atoms with van der Waals surface area (Å²) in [6.45, 7) is 7.76. The first kappa shape index (κ1) is 20.6. The average molecular weight is 398 g/mol. The minimum absolute atomic E-state index is 0.155. The lowest BCUT2D eigenvalue weighted by Crippen LogP contribution is -2.02. The molecule has 0 radical (unpaired) electrons. The number of aryl methyl sites for hydroxylation is 1. The van der Waals surface area contributed by atoms with Gasteiger partial charge in [0.05, 0.1) is 34.5 Å². The normalized spacial score (nSPS) is 12.0. The lowest BCUT2D eigenvalue weighted by atomic mass is 10.1. The molecule has 0 aliphatic heterocycles. The Labute approximate surface area is 168 Å². The number of rotatable bonds is 8. The minimum atomic E-state index is -2.39. The number of anilines is 1.